The molecule has 0 saturated heterocycles. The fourth-order valence-electron chi connectivity index (χ4n) is 1.79. The highest BCUT2D eigenvalue weighted by Gasteiger charge is 2.25. The highest BCUT2D eigenvalue weighted by molar-refractivity contribution is 5.69. The highest BCUT2D eigenvalue weighted by Crippen LogP contribution is 2.30. The van der Waals surface area contributed by atoms with E-state index in [0.29, 0.717) is 12.5 Å². The van der Waals surface area contributed by atoms with Crippen LogP contribution in [0.5, 0.6) is 0 Å². The minimum absolute atomic E-state index is 0.116. The molecule has 4 heteroatoms. The Labute approximate surface area is 94.9 Å². The summed E-state index contributed by atoms with van der Waals surface area (Å²) in [7, 11) is 0. The van der Waals surface area contributed by atoms with Crippen molar-refractivity contribution in [3.63, 3.8) is 0 Å². The van der Waals surface area contributed by atoms with Crippen molar-refractivity contribution in [1.82, 2.24) is 9.88 Å². The van der Waals surface area contributed by atoms with Crippen LogP contribution >= 0.6 is 0 Å². The SMILES string of the molecule is O=C(O)CN(Cc1cccnc1)CC1CC1. The number of aliphatic carboxylic acids is 1. The van der Waals surface area contributed by atoms with Gasteiger partial charge in [-0.05, 0) is 30.4 Å². The summed E-state index contributed by atoms with van der Waals surface area (Å²) < 4.78 is 0. The van der Waals surface area contributed by atoms with Crippen LogP contribution in [0.4, 0.5) is 0 Å². The maximum absolute atomic E-state index is 10.7. The molecule has 1 aromatic rings. The van der Waals surface area contributed by atoms with E-state index in [2.05, 4.69) is 4.98 Å². The Morgan fingerprint density at radius 3 is 2.94 bits per heavy atom. The molecule has 0 aromatic carbocycles. The lowest BCUT2D eigenvalue weighted by Gasteiger charge is -2.19. The second-order valence-corrected chi connectivity index (χ2v) is 4.37. The number of aromatic nitrogens is 1. The Balaban J connectivity index is 1.92. The van der Waals surface area contributed by atoms with E-state index in [9.17, 15) is 4.79 Å². The van der Waals surface area contributed by atoms with Crippen LogP contribution in [0.3, 0.4) is 0 Å². The summed E-state index contributed by atoms with van der Waals surface area (Å²) in [5, 5.41) is 8.84. The fraction of sp³-hybridized carbons (Fsp3) is 0.500. The summed E-state index contributed by atoms with van der Waals surface area (Å²) in [6.45, 7) is 1.68. The predicted octanol–water partition coefficient (Wildman–Crippen LogP) is 1.38. The summed E-state index contributed by atoms with van der Waals surface area (Å²) in [5.41, 5.74) is 1.07. The van der Waals surface area contributed by atoms with Crippen molar-refractivity contribution >= 4 is 5.97 Å². The van der Waals surface area contributed by atoms with E-state index in [1.165, 1.54) is 12.8 Å². The summed E-state index contributed by atoms with van der Waals surface area (Å²) in [6, 6.07) is 3.86. The van der Waals surface area contributed by atoms with E-state index in [1.807, 2.05) is 17.0 Å². The van der Waals surface area contributed by atoms with Crippen molar-refractivity contribution in [2.24, 2.45) is 5.92 Å². The Morgan fingerprint density at radius 2 is 2.38 bits per heavy atom. The van der Waals surface area contributed by atoms with Gasteiger partial charge >= 0.3 is 5.97 Å². The van der Waals surface area contributed by atoms with Gasteiger partial charge in [-0.15, -0.1) is 0 Å². The van der Waals surface area contributed by atoms with Crippen LogP contribution in [0.25, 0.3) is 0 Å². The molecule has 1 heterocycles. The number of carbonyl (C=O) groups is 1. The van der Waals surface area contributed by atoms with Gasteiger partial charge in [0.05, 0.1) is 6.54 Å². The van der Waals surface area contributed by atoms with Crippen LogP contribution < -0.4 is 0 Å². The molecular weight excluding hydrogens is 204 g/mol. The Morgan fingerprint density at radius 1 is 1.56 bits per heavy atom. The standard InChI is InChI=1S/C12H16N2O2/c15-12(16)9-14(7-10-3-4-10)8-11-2-1-5-13-6-11/h1-2,5-6,10H,3-4,7-9H2,(H,15,16). The first kappa shape index (κ1) is 11.1. The lowest BCUT2D eigenvalue weighted by molar-refractivity contribution is -0.138. The van der Waals surface area contributed by atoms with Gasteiger partial charge in [0.15, 0.2) is 0 Å². The number of carboxylic acids is 1. The zero-order valence-electron chi connectivity index (χ0n) is 9.17. The first-order valence-electron chi connectivity index (χ1n) is 5.57. The van der Waals surface area contributed by atoms with Crippen molar-refractivity contribution in [2.45, 2.75) is 19.4 Å². The number of carboxylic acid groups (broad SMARTS) is 1. The molecule has 0 spiro atoms. The van der Waals surface area contributed by atoms with Gasteiger partial charge in [-0.3, -0.25) is 14.7 Å². The Hall–Kier alpha value is -1.42. The smallest absolute Gasteiger partial charge is 0.317 e. The third-order valence-corrected chi connectivity index (χ3v) is 2.70. The topological polar surface area (TPSA) is 53.4 Å². The van der Waals surface area contributed by atoms with Crippen LogP contribution in [-0.2, 0) is 11.3 Å². The molecule has 0 radical (unpaired) electrons. The maximum atomic E-state index is 10.7. The molecule has 1 aliphatic rings. The molecule has 4 nitrogen and oxygen atoms in total. The van der Waals surface area contributed by atoms with E-state index in [-0.39, 0.29) is 6.54 Å². The lowest BCUT2D eigenvalue weighted by Crippen LogP contribution is -2.31. The molecule has 0 atom stereocenters. The van der Waals surface area contributed by atoms with Gasteiger partial charge in [-0.1, -0.05) is 6.07 Å². The molecule has 16 heavy (non-hydrogen) atoms. The van der Waals surface area contributed by atoms with Crippen LogP contribution in [0.2, 0.25) is 0 Å². The zero-order valence-corrected chi connectivity index (χ0v) is 9.17. The summed E-state index contributed by atoms with van der Waals surface area (Å²) in [4.78, 5) is 16.8. The molecular formula is C12H16N2O2. The van der Waals surface area contributed by atoms with E-state index in [4.69, 9.17) is 5.11 Å². The molecule has 1 N–H and O–H groups in total. The average Bonchev–Trinajstić information content (AvgIpc) is 3.02. The number of rotatable bonds is 6. The number of hydrogen-bond donors (Lipinski definition) is 1. The van der Waals surface area contributed by atoms with E-state index >= 15 is 0 Å². The van der Waals surface area contributed by atoms with E-state index in [1.54, 1.807) is 12.4 Å². The van der Waals surface area contributed by atoms with Crippen LogP contribution in [-0.4, -0.2) is 34.0 Å². The first-order chi connectivity index (χ1) is 7.74. The van der Waals surface area contributed by atoms with Gasteiger partial charge in [0.1, 0.15) is 0 Å². The summed E-state index contributed by atoms with van der Waals surface area (Å²) in [6.07, 6.45) is 6.00. The van der Waals surface area contributed by atoms with Gasteiger partial charge in [0, 0.05) is 25.5 Å². The third kappa shape index (κ3) is 3.62. The van der Waals surface area contributed by atoms with E-state index < -0.39 is 5.97 Å². The molecule has 0 bridgehead atoms. The molecule has 0 aliphatic heterocycles. The molecule has 0 amide bonds. The minimum atomic E-state index is -0.760. The third-order valence-electron chi connectivity index (χ3n) is 2.70. The molecule has 86 valence electrons. The quantitative estimate of drug-likeness (QED) is 0.787. The molecule has 1 aromatic heterocycles. The second-order valence-electron chi connectivity index (χ2n) is 4.37. The van der Waals surface area contributed by atoms with Crippen molar-refractivity contribution in [2.75, 3.05) is 13.1 Å². The van der Waals surface area contributed by atoms with Crippen molar-refractivity contribution in [1.29, 1.82) is 0 Å². The number of nitrogens with zero attached hydrogens (tertiary/aromatic N) is 2. The number of pyridine rings is 1. The van der Waals surface area contributed by atoms with Crippen molar-refractivity contribution < 1.29 is 9.90 Å². The van der Waals surface area contributed by atoms with Crippen molar-refractivity contribution in [3.8, 4) is 0 Å². The first-order valence-corrected chi connectivity index (χ1v) is 5.57. The van der Waals surface area contributed by atoms with Gasteiger partial charge in [-0.25, -0.2) is 0 Å². The van der Waals surface area contributed by atoms with Crippen LogP contribution in [0.15, 0.2) is 24.5 Å². The molecule has 1 aliphatic carbocycles. The molecule has 1 saturated carbocycles. The van der Waals surface area contributed by atoms with E-state index in [0.717, 1.165) is 12.1 Å². The summed E-state index contributed by atoms with van der Waals surface area (Å²) in [5.74, 6) is -0.0550. The fourth-order valence-corrected chi connectivity index (χ4v) is 1.79. The Bertz CT molecular complexity index is 349. The summed E-state index contributed by atoms with van der Waals surface area (Å²) >= 11 is 0. The maximum Gasteiger partial charge on any atom is 0.317 e. The Kier molecular flexibility index (Phi) is 3.51. The average molecular weight is 220 g/mol. The lowest BCUT2D eigenvalue weighted by atomic mass is 10.2. The molecule has 0 unspecified atom stereocenters. The largest absolute Gasteiger partial charge is 0.480 e. The van der Waals surface area contributed by atoms with Gasteiger partial charge in [0.2, 0.25) is 0 Å². The minimum Gasteiger partial charge on any atom is -0.480 e. The van der Waals surface area contributed by atoms with Crippen molar-refractivity contribution in [3.05, 3.63) is 30.1 Å². The van der Waals surface area contributed by atoms with Gasteiger partial charge < -0.3 is 5.11 Å². The van der Waals surface area contributed by atoms with Crippen LogP contribution in [0.1, 0.15) is 18.4 Å². The number of hydrogen-bond acceptors (Lipinski definition) is 3. The normalized spacial score (nSPS) is 15.3. The highest BCUT2D eigenvalue weighted by atomic mass is 16.4. The van der Waals surface area contributed by atoms with Gasteiger partial charge in [0.25, 0.3) is 0 Å². The van der Waals surface area contributed by atoms with Gasteiger partial charge in [-0.2, -0.15) is 0 Å². The molecule has 2 rings (SSSR count). The zero-order chi connectivity index (χ0) is 11.4. The molecule has 1 fully saturated rings. The monoisotopic (exact) mass is 220 g/mol. The second kappa shape index (κ2) is 5.07. The van der Waals surface area contributed by atoms with Crippen LogP contribution in [0, 0.1) is 5.92 Å². The predicted molar refractivity (Wildman–Crippen MR) is 59.9 cm³/mol.